The van der Waals surface area contributed by atoms with E-state index in [2.05, 4.69) is 0 Å². The van der Waals surface area contributed by atoms with Crippen LogP contribution in [0.4, 0.5) is 0 Å². The molecular weight excluding hydrogens is 166 g/mol. The van der Waals surface area contributed by atoms with Gasteiger partial charge in [0.15, 0.2) is 0 Å². The van der Waals surface area contributed by atoms with Gasteiger partial charge in [0, 0.05) is 28.9 Å². The number of quaternary nitrogens is 1. The molecule has 0 aliphatic heterocycles. The van der Waals surface area contributed by atoms with Gasteiger partial charge in [-0.3, -0.25) is 0 Å². The number of hydrogen-bond acceptors (Lipinski definition) is 2. The third kappa shape index (κ3) is 678. The number of rotatable bonds is 0. The zero-order valence-electron chi connectivity index (χ0n) is 2.70. The Kier molecular flexibility index (Phi) is 117. The Morgan fingerprint density at radius 1 is 1.60 bits per heavy atom. The Bertz CT molecular complexity index is 17.1. The topological polar surface area (TPSA) is 76.6 Å². The van der Waals surface area contributed by atoms with Crippen molar-refractivity contribution >= 4 is 6.47 Å². The monoisotopic (exact) mass is 170 g/mol. The summed E-state index contributed by atoms with van der Waals surface area (Å²) in [4.78, 5) is 8.25. The van der Waals surface area contributed by atoms with E-state index in [-0.39, 0.29) is 28.5 Å². The van der Waals surface area contributed by atoms with E-state index in [1.54, 1.807) is 0 Å². The van der Waals surface area contributed by atoms with Crippen LogP contribution in [0.15, 0.2) is 0 Å². The molecule has 0 aliphatic rings. The normalized spacial score (nSPS) is 2.40. The number of hydrogen-bond donors (Lipinski definition) is 1. The summed E-state index contributed by atoms with van der Waals surface area (Å²) in [6.45, 7) is -0.500. The van der Waals surface area contributed by atoms with E-state index >= 15 is 0 Å². The molecule has 0 rings (SSSR count). The van der Waals surface area contributed by atoms with Crippen LogP contribution < -0.4 is 11.3 Å². The summed E-state index contributed by atoms with van der Waals surface area (Å²) in [5.41, 5.74) is 0. The summed E-state index contributed by atoms with van der Waals surface area (Å²) in [6, 6.07) is 0. The first kappa shape index (κ1) is 19.1. The molecule has 0 aromatic heterocycles. The summed E-state index contributed by atoms with van der Waals surface area (Å²) in [5, 5.41) is 8.25. The van der Waals surface area contributed by atoms with Crippen LogP contribution >= 0.6 is 0 Å². The van der Waals surface area contributed by atoms with Crippen molar-refractivity contribution in [3.8, 4) is 0 Å². The van der Waals surface area contributed by atoms with Crippen molar-refractivity contribution in [2.45, 2.75) is 0 Å². The molecule has 0 atom stereocenters. The van der Waals surface area contributed by atoms with Crippen molar-refractivity contribution in [1.29, 1.82) is 0 Å². The Labute approximate surface area is 45.5 Å². The van der Waals surface area contributed by atoms with Crippen LogP contribution in [-0.4, -0.2) is 6.47 Å². The smallest absolute Gasteiger partial charge is 0.0275 e. The van der Waals surface area contributed by atoms with E-state index in [1.807, 2.05) is 0 Å². The van der Waals surface area contributed by atoms with Crippen LogP contribution in [0.5, 0.6) is 0 Å². The molecule has 0 aromatic carbocycles. The average molecular weight is 171 g/mol. The van der Waals surface area contributed by atoms with Crippen LogP contribution in [0.3, 0.4) is 0 Å². The molecule has 5 heavy (non-hydrogen) atoms. The minimum atomic E-state index is -0.500. The molecular formula is CH5AgNO2. The fraction of sp³-hybridized carbons (Fsp3) is 0. The molecule has 0 fully saturated rings. The molecule has 0 aromatic rings. The summed E-state index contributed by atoms with van der Waals surface area (Å²) in [7, 11) is 0. The zero-order valence-corrected chi connectivity index (χ0v) is 4.18. The molecule has 3 nitrogen and oxygen atoms in total. The van der Waals surface area contributed by atoms with Gasteiger partial charge in [-0.25, -0.2) is 0 Å². The Balaban J connectivity index is -0.0000000200. The molecule has 0 aliphatic carbocycles. The van der Waals surface area contributed by atoms with Crippen LogP contribution in [0.25, 0.3) is 0 Å². The molecule has 0 unspecified atom stereocenters. The Morgan fingerprint density at radius 2 is 1.60 bits per heavy atom. The first-order valence-electron chi connectivity index (χ1n) is 0.471. The van der Waals surface area contributed by atoms with Crippen LogP contribution in [0.1, 0.15) is 0 Å². The van der Waals surface area contributed by atoms with Gasteiger partial charge >= 0.3 is 0 Å². The molecule has 0 saturated heterocycles. The van der Waals surface area contributed by atoms with Crippen molar-refractivity contribution in [2.75, 3.05) is 0 Å². The van der Waals surface area contributed by atoms with Gasteiger partial charge in [0.2, 0.25) is 0 Å². The molecule has 0 heterocycles. The maximum Gasteiger partial charge on any atom is 0.0275 e. The van der Waals surface area contributed by atoms with E-state index in [4.69, 9.17) is 9.90 Å². The molecule has 0 bridgehead atoms. The minimum absolute atomic E-state index is 0. The summed E-state index contributed by atoms with van der Waals surface area (Å²) in [6.07, 6.45) is 0. The molecule has 0 saturated carbocycles. The van der Waals surface area contributed by atoms with Gasteiger partial charge in [-0.05, 0) is 0 Å². The van der Waals surface area contributed by atoms with E-state index in [9.17, 15) is 0 Å². The van der Waals surface area contributed by atoms with Gasteiger partial charge in [-0.15, -0.1) is 0 Å². The largest absolute Gasteiger partial charge is 0.554 e. The second-order valence-corrected chi connectivity index (χ2v) is 0.0962. The molecule has 0 amide bonds. The van der Waals surface area contributed by atoms with Crippen LogP contribution in [0, 0.1) is 0 Å². The maximum atomic E-state index is 8.25. The van der Waals surface area contributed by atoms with Gasteiger partial charge in [0.1, 0.15) is 0 Å². The van der Waals surface area contributed by atoms with Crippen molar-refractivity contribution in [3.05, 3.63) is 0 Å². The van der Waals surface area contributed by atoms with Crippen molar-refractivity contribution < 1.29 is 32.3 Å². The predicted octanol–water partition coefficient (Wildman–Crippen LogP) is -1.26. The molecule has 0 spiro atoms. The third-order valence-corrected chi connectivity index (χ3v) is 0. The average Bonchev–Trinajstić information content (AvgIpc) is 0.918. The number of carbonyl (C=O) groups is 1. The van der Waals surface area contributed by atoms with Gasteiger partial charge in [-0.2, -0.15) is 0 Å². The van der Waals surface area contributed by atoms with E-state index in [0.29, 0.717) is 0 Å². The Hall–Kier alpha value is 0.170. The quantitative estimate of drug-likeness (QED) is 0.364. The zero-order chi connectivity index (χ0) is 2.71. The Morgan fingerprint density at radius 3 is 1.60 bits per heavy atom. The van der Waals surface area contributed by atoms with Crippen molar-refractivity contribution in [3.63, 3.8) is 0 Å². The maximum absolute atomic E-state index is 8.25. The first-order chi connectivity index (χ1) is 1.41. The molecule has 37 valence electrons. The predicted molar refractivity (Wildman–Crippen MR) is 12.0 cm³/mol. The van der Waals surface area contributed by atoms with Gasteiger partial charge < -0.3 is 16.1 Å². The summed E-state index contributed by atoms with van der Waals surface area (Å²) in [5.74, 6) is 0. The van der Waals surface area contributed by atoms with E-state index in [1.165, 1.54) is 0 Å². The van der Waals surface area contributed by atoms with Gasteiger partial charge in [-0.1, -0.05) is 0 Å². The molecule has 1 radical (unpaired) electrons. The molecule has 4 heteroatoms. The van der Waals surface area contributed by atoms with E-state index in [0.717, 1.165) is 0 Å². The van der Waals surface area contributed by atoms with Crippen LogP contribution in [-0.2, 0) is 27.2 Å². The first-order valence-corrected chi connectivity index (χ1v) is 0.471. The second-order valence-electron chi connectivity index (χ2n) is 0.0962. The third-order valence-electron chi connectivity index (χ3n) is 0. The fourth-order valence-electron chi connectivity index (χ4n) is 0. The van der Waals surface area contributed by atoms with Crippen LogP contribution in [0.2, 0.25) is 0 Å². The van der Waals surface area contributed by atoms with E-state index < -0.39 is 6.47 Å². The number of carbonyl (C=O) groups excluding carboxylic acids is 1. The number of carboxylic acid groups (broad SMARTS) is 1. The molecule has 4 N–H and O–H groups in total. The summed E-state index contributed by atoms with van der Waals surface area (Å²) < 4.78 is 0. The SMILES string of the molecule is O=C[O-].[Ag].[NH4+]. The van der Waals surface area contributed by atoms with Crippen molar-refractivity contribution in [1.82, 2.24) is 6.15 Å². The summed E-state index contributed by atoms with van der Waals surface area (Å²) >= 11 is 0. The fourth-order valence-corrected chi connectivity index (χ4v) is 0. The van der Waals surface area contributed by atoms with Gasteiger partial charge in [0.05, 0.1) is 0 Å². The van der Waals surface area contributed by atoms with Gasteiger partial charge in [0.25, 0.3) is 0 Å². The second kappa shape index (κ2) is 30.6. The standard InChI is InChI=1S/CH2O2.Ag.H3N/c2-1-3;;/h1H,(H,2,3);;1H3. The van der Waals surface area contributed by atoms with Crippen molar-refractivity contribution in [2.24, 2.45) is 0 Å². The minimum Gasteiger partial charge on any atom is -0.554 e.